The van der Waals surface area contributed by atoms with Crippen LogP contribution in [0.1, 0.15) is 204 Å². The first-order chi connectivity index (χ1) is 68.2. The molecule has 10 heterocycles. The maximum Gasteiger partial charge on any atom is 0.417 e. The number of hydrogen-bond donors (Lipinski definition) is 8. The maximum atomic E-state index is 16.1. The van der Waals surface area contributed by atoms with E-state index in [2.05, 4.69) is 67.0 Å². The van der Waals surface area contributed by atoms with Gasteiger partial charge < -0.3 is 56.2 Å². The number of carboxylic acids is 1. The summed E-state index contributed by atoms with van der Waals surface area (Å²) < 4.78 is 142. The Morgan fingerprint density at radius 2 is 0.811 bits per heavy atom. The number of benzene rings is 6. The van der Waals surface area contributed by atoms with Crippen LogP contribution in [-0.2, 0) is 41.1 Å². The standard InChI is InChI=1S/C50H55F5N10O6.C29H32F5N7O.C21H25N3O6/c1-29-27-64(28-30(2)61(29)3)41-24-37(52)35(23-39(41)59-45(68)33-14-13-32(51)22-36(33)50(53,54)55)31-25-57-49(58-26-31)63-20-18-62(19-21-63)43(67)12-7-5-4-6-8-17-56-38-11-9-10-34-44(38)48(71)65(47(34)70)40-15-16-42(66)60-46(40)69;1-17-15-41(16-18(2)39(17)3)26-12-24(31)22(19-13-36-28(37-14-19)40-8-6-35-7-9-40)11-25(26)38-27(42)21-5-4-20(30)10-23(21)29(32,33)34;25-16-11-10-15(19(28)23-16)24-20(29)13-7-6-8-14(18(13)21(24)30)22-12-5-3-1-2-4-9-17(26)27/h9-11,13-14,22-26,29-30,40,56H,4-8,12,15-21,27-28H2,1-3H3,(H,59,68)(H,60,66,69);4-5,10-14,17-18,35H,6-9,15-16H2,1-3H3,(H,38,42);6-8,15,22H,1-5,9-12H2,(H,26,27)(H,23,25,28)/t29-,30+,40?;17-,18+;. The van der Waals surface area contributed by atoms with Crippen molar-refractivity contribution in [2.75, 3.05) is 147 Å². The van der Waals surface area contributed by atoms with Crippen molar-refractivity contribution >= 4 is 117 Å². The SMILES string of the molecule is C[C@@H]1CN(c2cc(F)c(-c3cnc(N4CCN(C(=O)CCCCCCCNc5cccc6c5C(=O)N(C5CCC(=O)NC5=O)C6=O)CC4)nc3)cc2NC(=O)c2ccc(F)cc2C(F)(F)F)C[C@H](C)N1C.C[C@@H]1CN(c2cc(F)c(-c3cnc(N4CCNCC4)nc3)cc2NC(=O)c2ccc(F)cc2C(F)(F)F)C[C@H](C)N1C.O=C(O)CCCCCCCNc1cccc2c1C(=O)N(C1CCC(=O)NC1=O)C2=O. The largest absolute Gasteiger partial charge is 0.481 e. The molecule has 8 aliphatic rings. The van der Waals surface area contributed by atoms with E-state index in [1.54, 1.807) is 41.3 Å². The van der Waals surface area contributed by atoms with Crippen molar-refractivity contribution in [3.8, 4) is 22.3 Å². The molecule has 6 aromatic carbocycles. The van der Waals surface area contributed by atoms with Crippen LogP contribution in [0.4, 0.5) is 89.9 Å². The van der Waals surface area contributed by atoms with E-state index in [-0.39, 0.29) is 130 Å². The number of nitrogens with zero attached hydrogens (tertiary/aromatic N) is 13. The van der Waals surface area contributed by atoms with Crippen molar-refractivity contribution in [1.29, 1.82) is 0 Å². The van der Waals surface area contributed by atoms with E-state index < -0.39 is 135 Å². The monoisotopic (exact) mass is 1990 g/mol. The fourth-order valence-corrected chi connectivity index (χ4v) is 18.8. The molecule has 11 amide bonds. The van der Waals surface area contributed by atoms with E-state index >= 15 is 8.78 Å². The van der Waals surface area contributed by atoms with Crippen LogP contribution >= 0.6 is 0 Å². The molecule has 760 valence electrons. The highest BCUT2D eigenvalue weighted by Gasteiger charge is 2.49. The zero-order chi connectivity index (χ0) is 103. The molecule has 2 unspecified atom stereocenters. The number of alkyl halides is 6. The van der Waals surface area contributed by atoms with E-state index in [0.717, 1.165) is 112 Å². The molecule has 0 radical (unpaired) electrons. The number of aliphatic carboxylic acids is 1. The van der Waals surface area contributed by atoms with Gasteiger partial charge in [0.2, 0.25) is 41.4 Å². The highest BCUT2D eigenvalue weighted by atomic mass is 19.4. The summed E-state index contributed by atoms with van der Waals surface area (Å²) in [5.74, 6) is -9.94. The number of aromatic nitrogens is 4. The predicted octanol–water partition coefficient (Wildman–Crippen LogP) is 13.3. The summed E-state index contributed by atoms with van der Waals surface area (Å²) in [7, 11) is 3.94. The molecule has 33 nitrogen and oxygen atoms in total. The highest BCUT2D eigenvalue weighted by molar-refractivity contribution is 6.27. The third-order valence-corrected chi connectivity index (χ3v) is 27.0. The number of halogens is 10. The molecule has 0 spiro atoms. The van der Waals surface area contributed by atoms with Gasteiger partial charge in [0.1, 0.15) is 35.4 Å². The lowest BCUT2D eigenvalue weighted by molar-refractivity contribution is -0.138. The van der Waals surface area contributed by atoms with Gasteiger partial charge in [-0.05, 0) is 165 Å². The van der Waals surface area contributed by atoms with Crippen molar-refractivity contribution in [2.45, 2.75) is 179 Å². The first-order valence-corrected chi connectivity index (χ1v) is 47.7. The molecule has 8 aromatic rings. The predicted molar refractivity (Wildman–Crippen MR) is 511 cm³/mol. The number of unbranched alkanes of at least 4 members (excludes halogenated alkanes) is 8. The first-order valence-electron chi connectivity index (χ1n) is 47.7. The zero-order valence-corrected chi connectivity index (χ0v) is 79.7. The average molecular weight is 1990 g/mol. The van der Waals surface area contributed by atoms with Gasteiger partial charge in [0, 0.05) is 200 Å². The first kappa shape index (κ1) is 105. The lowest BCUT2D eigenvalue weighted by Gasteiger charge is -2.44. The van der Waals surface area contributed by atoms with E-state index in [0.29, 0.717) is 119 Å². The second-order valence-electron chi connectivity index (χ2n) is 36.8. The molecule has 8 aliphatic heterocycles. The summed E-state index contributed by atoms with van der Waals surface area (Å²) in [5.41, 5.74) is -0.940. The summed E-state index contributed by atoms with van der Waals surface area (Å²) in [4.78, 5) is 184. The van der Waals surface area contributed by atoms with Crippen LogP contribution in [0.2, 0.25) is 0 Å². The molecule has 0 saturated carbocycles. The van der Waals surface area contributed by atoms with E-state index in [4.69, 9.17) is 5.11 Å². The van der Waals surface area contributed by atoms with Crippen molar-refractivity contribution in [1.82, 2.24) is 60.4 Å². The maximum absolute atomic E-state index is 16.1. The number of carbonyl (C=O) groups excluding carboxylic acids is 11. The topological polar surface area (TPSA) is 390 Å². The molecule has 2 aromatic heterocycles. The van der Waals surface area contributed by atoms with Crippen LogP contribution in [-0.4, -0.2) is 262 Å². The van der Waals surface area contributed by atoms with Gasteiger partial charge in [-0.3, -0.25) is 87.8 Å². The van der Waals surface area contributed by atoms with E-state index in [1.807, 2.05) is 61.4 Å². The fraction of sp³-hybridized carbons (Fsp3) is 0.440. The number of rotatable bonds is 30. The minimum absolute atomic E-state index is 0.00106. The Balaban J connectivity index is 0.000000189. The second-order valence-corrected chi connectivity index (χ2v) is 36.8. The van der Waals surface area contributed by atoms with Crippen molar-refractivity contribution in [2.24, 2.45) is 0 Å². The minimum atomic E-state index is -5.02. The van der Waals surface area contributed by atoms with Crippen LogP contribution in [0, 0.1) is 23.3 Å². The Morgan fingerprint density at radius 3 is 1.20 bits per heavy atom. The van der Waals surface area contributed by atoms with Crippen molar-refractivity contribution in [3.63, 3.8) is 0 Å². The number of anilines is 8. The van der Waals surface area contributed by atoms with Crippen LogP contribution < -0.4 is 56.8 Å². The fourth-order valence-electron chi connectivity index (χ4n) is 18.8. The lowest BCUT2D eigenvalue weighted by atomic mass is 10.0. The van der Waals surface area contributed by atoms with Gasteiger partial charge in [-0.15, -0.1) is 0 Å². The Kier molecular flexibility index (Phi) is 33.6. The third kappa shape index (κ3) is 24.8. The molecular formula is C100H112F10N20O13. The zero-order valence-electron chi connectivity index (χ0n) is 79.7. The number of amides is 11. The summed E-state index contributed by atoms with van der Waals surface area (Å²) >= 11 is 0. The summed E-state index contributed by atoms with van der Waals surface area (Å²) in [6, 6.07) is 17.1. The molecule has 6 saturated heterocycles. The third-order valence-electron chi connectivity index (χ3n) is 27.0. The number of nitrogens with one attached hydrogen (secondary N) is 7. The summed E-state index contributed by atoms with van der Waals surface area (Å²) in [6.07, 6.45) is 5.10. The Labute approximate surface area is 817 Å². The number of likely N-dealkylation sites (N-methyl/N-ethyl adjacent to an activating group) is 2. The highest BCUT2D eigenvalue weighted by Crippen LogP contribution is 2.43. The van der Waals surface area contributed by atoms with Gasteiger partial charge in [0.15, 0.2) is 0 Å². The second kappa shape index (κ2) is 45.9. The molecule has 8 N–H and O–H groups in total. The number of fused-ring (bicyclic) bond motifs is 2. The Morgan fingerprint density at radius 1 is 0.434 bits per heavy atom. The molecule has 0 aliphatic carbocycles. The van der Waals surface area contributed by atoms with Crippen molar-refractivity contribution < 1.29 is 107 Å². The average Bonchev–Trinajstić information content (AvgIpc) is 1.70. The molecule has 6 fully saturated rings. The van der Waals surface area contributed by atoms with Crippen LogP contribution in [0.5, 0.6) is 0 Å². The van der Waals surface area contributed by atoms with Crippen LogP contribution in [0.3, 0.4) is 0 Å². The van der Waals surface area contributed by atoms with Crippen LogP contribution in [0.25, 0.3) is 22.3 Å². The molecule has 16 rings (SSSR count). The van der Waals surface area contributed by atoms with Crippen LogP contribution in [0.15, 0.2) is 122 Å². The number of piperidine rings is 2. The van der Waals surface area contributed by atoms with Crippen molar-refractivity contribution in [3.05, 3.63) is 190 Å². The number of carbonyl (C=O) groups is 12. The molecular weight excluding hydrogens is 1880 g/mol. The quantitative estimate of drug-likeness (QED) is 0.0118. The van der Waals surface area contributed by atoms with Gasteiger partial charge >= 0.3 is 18.3 Å². The molecule has 0 bridgehead atoms. The van der Waals surface area contributed by atoms with Gasteiger partial charge in [-0.2, -0.15) is 26.3 Å². The van der Waals surface area contributed by atoms with E-state index in [9.17, 15) is 92.7 Å². The number of hydrogen-bond acceptors (Lipinski definition) is 25. The van der Waals surface area contributed by atoms with Gasteiger partial charge in [0.25, 0.3) is 35.4 Å². The molecule has 6 atom stereocenters. The number of piperazine rings is 4. The molecule has 43 heteroatoms. The number of imide groups is 4. The summed E-state index contributed by atoms with van der Waals surface area (Å²) in [5, 5.41) is 27.8. The summed E-state index contributed by atoms with van der Waals surface area (Å²) in [6.45, 7) is 15.9. The Bertz CT molecular complexity index is 6100. The normalized spacial score (nSPS) is 19.6. The minimum Gasteiger partial charge on any atom is -0.481 e. The number of carboxylic acid groups (broad SMARTS) is 1. The Hall–Kier alpha value is -14.1. The van der Waals surface area contributed by atoms with E-state index in [1.165, 1.54) is 49.1 Å². The van der Waals surface area contributed by atoms with Gasteiger partial charge in [-0.25, -0.2) is 37.5 Å². The lowest BCUT2D eigenvalue weighted by Crippen LogP contribution is -2.55. The smallest absolute Gasteiger partial charge is 0.417 e. The van der Waals surface area contributed by atoms with Gasteiger partial charge in [0.05, 0.1) is 67.3 Å². The van der Waals surface area contributed by atoms with Gasteiger partial charge in [-0.1, -0.05) is 50.7 Å². The molecule has 143 heavy (non-hydrogen) atoms.